The second-order valence-electron chi connectivity index (χ2n) is 8.66. The minimum absolute atomic E-state index is 0.0814. The largest absolute Gasteiger partial charge is 0.497 e. The molecule has 3 atom stereocenters. The lowest BCUT2D eigenvalue weighted by molar-refractivity contribution is -0.168. The first kappa shape index (κ1) is 20.4. The maximum atomic E-state index is 13.3. The highest BCUT2D eigenvalue weighted by atomic mass is 16.5. The van der Waals surface area contributed by atoms with Crippen molar-refractivity contribution < 1.29 is 19.1 Å². The summed E-state index contributed by atoms with van der Waals surface area (Å²) in [5, 5.41) is 0. The first-order chi connectivity index (χ1) is 14.1. The molecule has 158 valence electrons. The van der Waals surface area contributed by atoms with Crippen molar-refractivity contribution in [1.29, 1.82) is 0 Å². The number of hydrogen-bond donors (Lipinski definition) is 0. The molecular formula is C23H32N2O4. The van der Waals surface area contributed by atoms with E-state index in [1.165, 1.54) is 20.0 Å². The quantitative estimate of drug-likeness (QED) is 0.518. The fourth-order valence-corrected chi connectivity index (χ4v) is 5.67. The van der Waals surface area contributed by atoms with E-state index in [1.807, 2.05) is 18.2 Å². The summed E-state index contributed by atoms with van der Waals surface area (Å²) >= 11 is 0. The first-order valence-corrected chi connectivity index (χ1v) is 10.8. The molecule has 0 aliphatic carbocycles. The van der Waals surface area contributed by atoms with Crippen molar-refractivity contribution >= 4 is 11.8 Å². The maximum Gasteiger partial charge on any atom is 0.321 e. The number of esters is 1. The van der Waals surface area contributed by atoms with E-state index in [4.69, 9.17) is 9.47 Å². The molecule has 3 unspecified atom stereocenters. The number of fused-ring (bicyclic) bond motifs is 2. The molecule has 0 amide bonds. The van der Waals surface area contributed by atoms with Crippen LogP contribution in [0, 0.1) is 5.41 Å². The van der Waals surface area contributed by atoms with E-state index < -0.39 is 5.41 Å². The highest BCUT2D eigenvalue weighted by molar-refractivity contribution is 6.05. The number of piperidine rings is 1. The molecule has 6 heteroatoms. The maximum absolute atomic E-state index is 13.3. The van der Waals surface area contributed by atoms with Crippen LogP contribution < -0.4 is 4.74 Å². The van der Waals surface area contributed by atoms with Crippen LogP contribution in [0.2, 0.25) is 0 Å². The Labute approximate surface area is 173 Å². The molecule has 1 aromatic carbocycles. The van der Waals surface area contributed by atoms with E-state index in [9.17, 15) is 9.59 Å². The molecule has 0 radical (unpaired) electrons. The Morgan fingerprint density at radius 2 is 2.00 bits per heavy atom. The molecule has 3 aliphatic rings. The van der Waals surface area contributed by atoms with Crippen molar-refractivity contribution in [1.82, 2.24) is 9.80 Å². The van der Waals surface area contributed by atoms with Crippen LogP contribution in [0.25, 0.3) is 0 Å². The minimum atomic E-state index is -1.04. The van der Waals surface area contributed by atoms with Gasteiger partial charge in [0.25, 0.3) is 0 Å². The van der Waals surface area contributed by atoms with Gasteiger partial charge in [0.2, 0.25) is 0 Å². The summed E-state index contributed by atoms with van der Waals surface area (Å²) in [6, 6.07) is 8.18. The van der Waals surface area contributed by atoms with Crippen molar-refractivity contribution in [2.45, 2.75) is 57.2 Å². The lowest BCUT2D eigenvalue weighted by atomic mass is 9.70. The molecule has 3 fully saturated rings. The topological polar surface area (TPSA) is 59.1 Å². The molecule has 3 aliphatic heterocycles. The van der Waals surface area contributed by atoms with Gasteiger partial charge >= 0.3 is 5.97 Å². The average Bonchev–Trinajstić information content (AvgIpc) is 3.36. The number of likely N-dealkylation sites (tertiary alicyclic amines) is 1. The third-order valence-electron chi connectivity index (χ3n) is 7.20. The predicted molar refractivity (Wildman–Crippen MR) is 110 cm³/mol. The zero-order valence-corrected chi connectivity index (χ0v) is 17.6. The van der Waals surface area contributed by atoms with Gasteiger partial charge in [-0.1, -0.05) is 12.1 Å². The van der Waals surface area contributed by atoms with Crippen LogP contribution in [-0.2, 0) is 20.9 Å². The Morgan fingerprint density at radius 1 is 1.21 bits per heavy atom. The van der Waals surface area contributed by atoms with Crippen LogP contribution in [0.4, 0.5) is 0 Å². The highest BCUT2D eigenvalue weighted by Crippen LogP contribution is 2.48. The van der Waals surface area contributed by atoms with Crippen LogP contribution in [0.15, 0.2) is 24.3 Å². The number of nitrogens with zero attached hydrogens (tertiary/aromatic N) is 2. The number of carbonyl (C=O) groups is 2. The molecule has 4 rings (SSSR count). The Kier molecular flexibility index (Phi) is 5.93. The molecule has 0 aromatic heterocycles. The van der Waals surface area contributed by atoms with Crippen LogP contribution in [0.5, 0.6) is 5.75 Å². The normalized spacial score (nSPS) is 29.9. The number of Topliss-reactive ketones (excluding diaryl/α,β-unsaturated/α-hetero) is 1. The summed E-state index contributed by atoms with van der Waals surface area (Å²) in [6.07, 6.45) is 5.23. The number of benzene rings is 1. The van der Waals surface area contributed by atoms with Crippen molar-refractivity contribution in [3.8, 4) is 5.75 Å². The van der Waals surface area contributed by atoms with Gasteiger partial charge in [0.15, 0.2) is 5.78 Å². The van der Waals surface area contributed by atoms with E-state index in [0.29, 0.717) is 12.8 Å². The Hall–Kier alpha value is -1.92. The molecule has 2 bridgehead atoms. The van der Waals surface area contributed by atoms with Gasteiger partial charge in [0, 0.05) is 25.0 Å². The van der Waals surface area contributed by atoms with E-state index in [1.54, 1.807) is 7.11 Å². The van der Waals surface area contributed by atoms with Gasteiger partial charge in [-0.25, -0.2) is 0 Å². The molecule has 29 heavy (non-hydrogen) atoms. The molecule has 0 spiro atoms. The number of ketones is 1. The summed E-state index contributed by atoms with van der Waals surface area (Å²) in [7, 11) is 3.09. The van der Waals surface area contributed by atoms with Gasteiger partial charge < -0.3 is 14.4 Å². The SMILES string of the molecule is COC(=O)C1(CCN2CCCC2)C(=O)CC2CCC1N2Cc1cccc(OC)c1. The number of rotatable bonds is 7. The summed E-state index contributed by atoms with van der Waals surface area (Å²) in [5.41, 5.74) is 0.109. The summed E-state index contributed by atoms with van der Waals surface area (Å²) in [4.78, 5) is 31.2. The highest BCUT2D eigenvalue weighted by Gasteiger charge is 2.61. The van der Waals surface area contributed by atoms with Gasteiger partial charge in [-0.05, 0) is 69.4 Å². The second kappa shape index (κ2) is 8.44. The van der Waals surface area contributed by atoms with E-state index in [-0.39, 0.29) is 23.8 Å². The van der Waals surface area contributed by atoms with Crippen LogP contribution in [0.1, 0.15) is 44.1 Å². The van der Waals surface area contributed by atoms with Crippen molar-refractivity contribution in [2.24, 2.45) is 5.41 Å². The van der Waals surface area contributed by atoms with Crippen LogP contribution >= 0.6 is 0 Å². The molecule has 6 nitrogen and oxygen atoms in total. The van der Waals surface area contributed by atoms with E-state index in [2.05, 4.69) is 15.9 Å². The monoisotopic (exact) mass is 400 g/mol. The smallest absolute Gasteiger partial charge is 0.321 e. The third-order valence-corrected chi connectivity index (χ3v) is 7.20. The summed E-state index contributed by atoms with van der Waals surface area (Å²) in [5.74, 6) is 0.567. The van der Waals surface area contributed by atoms with Crippen molar-refractivity contribution in [3.63, 3.8) is 0 Å². The molecule has 0 saturated carbocycles. The van der Waals surface area contributed by atoms with Crippen LogP contribution in [-0.4, -0.2) is 67.5 Å². The number of hydrogen-bond acceptors (Lipinski definition) is 6. The van der Waals surface area contributed by atoms with Gasteiger partial charge in [-0.3, -0.25) is 14.5 Å². The third kappa shape index (κ3) is 3.68. The second-order valence-corrected chi connectivity index (χ2v) is 8.66. The lowest BCUT2D eigenvalue weighted by Gasteiger charge is -2.46. The molecule has 1 aromatic rings. The zero-order valence-electron chi connectivity index (χ0n) is 17.6. The van der Waals surface area contributed by atoms with Gasteiger partial charge in [-0.15, -0.1) is 0 Å². The predicted octanol–water partition coefficient (Wildman–Crippen LogP) is 2.65. The fourth-order valence-electron chi connectivity index (χ4n) is 5.67. The zero-order chi connectivity index (χ0) is 20.4. The standard InChI is InChI=1S/C23H32N2O4/c1-28-19-7-5-6-17(14-19)16-25-18-8-9-20(25)23(21(26)15-18,22(27)29-2)10-13-24-11-3-4-12-24/h5-7,14,18,20H,3-4,8-13,15-16H2,1-2H3. The van der Waals surface area contributed by atoms with Crippen molar-refractivity contribution in [2.75, 3.05) is 33.9 Å². The molecule has 0 N–H and O–H groups in total. The summed E-state index contributed by atoms with van der Waals surface area (Å²) < 4.78 is 10.6. The molecule has 3 heterocycles. The number of carbonyl (C=O) groups excluding carboxylic acids is 2. The average molecular weight is 401 g/mol. The lowest BCUT2D eigenvalue weighted by Crippen LogP contribution is -2.60. The number of methoxy groups -OCH3 is 2. The Bertz CT molecular complexity index is 761. The first-order valence-electron chi connectivity index (χ1n) is 10.8. The van der Waals surface area contributed by atoms with Gasteiger partial charge in [0.1, 0.15) is 11.2 Å². The fraction of sp³-hybridized carbons (Fsp3) is 0.652. The number of ether oxygens (including phenoxy) is 2. The van der Waals surface area contributed by atoms with Crippen LogP contribution in [0.3, 0.4) is 0 Å². The van der Waals surface area contributed by atoms with E-state index >= 15 is 0 Å². The Morgan fingerprint density at radius 3 is 2.72 bits per heavy atom. The minimum Gasteiger partial charge on any atom is -0.497 e. The van der Waals surface area contributed by atoms with Gasteiger partial charge in [-0.2, -0.15) is 0 Å². The molecular weight excluding hydrogens is 368 g/mol. The van der Waals surface area contributed by atoms with E-state index in [0.717, 1.165) is 50.3 Å². The van der Waals surface area contributed by atoms with Gasteiger partial charge in [0.05, 0.1) is 14.2 Å². The Balaban J connectivity index is 1.61. The van der Waals surface area contributed by atoms with Crippen molar-refractivity contribution in [3.05, 3.63) is 29.8 Å². The molecule has 3 saturated heterocycles. The summed E-state index contributed by atoms with van der Waals surface area (Å²) in [6.45, 7) is 3.63.